The number of carbonyl (C=O) groups is 1. The Morgan fingerprint density at radius 1 is 1.35 bits per heavy atom. The van der Waals surface area contributed by atoms with Crippen LogP contribution >= 0.6 is 0 Å². The van der Waals surface area contributed by atoms with Crippen molar-refractivity contribution < 1.29 is 14.5 Å². The lowest BCUT2D eigenvalue weighted by molar-refractivity contribution is -0.384. The van der Waals surface area contributed by atoms with Crippen LogP contribution in [0.5, 0.6) is 0 Å². The van der Waals surface area contributed by atoms with Gasteiger partial charge in [0.2, 0.25) is 0 Å². The molecule has 0 spiro atoms. The summed E-state index contributed by atoms with van der Waals surface area (Å²) in [5, 5.41) is 16.5. The Bertz CT molecular complexity index is 615. The van der Waals surface area contributed by atoms with Crippen molar-refractivity contribution in [3.8, 4) is 0 Å². The van der Waals surface area contributed by atoms with Gasteiger partial charge in [0.1, 0.15) is 0 Å². The Labute approximate surface area is 134 Å². The predicted molar refractivity (Wildman–Crippen MR) is 85.5 cm³/mol. The molecule has 2 N–H and O–H groups in total. The first kappa shape index (κ1) is 15.7. The first-order valence-electron chi connectivity index (χ1n) is 7.97. The molecule has 1 saturated carbocycles. The number of benzene rings is 1. The summed E-state index contributed by atoms with van der Waals surface area (Å²) >= 11 is 0. The molecule has 1 aromatic rings. The van der Waals surface area contributed by atoms with Crippen molar-refractivity contribution >= 4 is 17.4 Å². The lowest BCUT2D eigenvalue weighted by Gasteiger charge is -2.30. The summed E-state index contributed by atoms with van der Waals surface area (Å²) in [6.45, 7) is 2.42. The van der Waals surface area contributed by atoms with Crippen LogP contribution in [0.25, 0.3) is 0 Å². The third kappa shape index (κ3) is 3.98. The normalized spacial score (nSPS) is 24.0. The second kappa shape index (κ2) is 6.54. The lowest BCUT2D eigenvalue weighted by Crippen LogP contribution is -2.44. The quantitative estimate of drug-likeness (QED) is 0.659. The van der Waals surface area contributed by atoms with Gasteiger partial charge in [-0.25, -0.2) is 4.79 Å². The molecule has 2 aliphatic rings. The van der Waals surface area contributed by atoms with Crippen LogP contribution in [0.15, 0.2) is 18.2 Å². The number of rotatable bonds is 4. The summed E-state index contributed by atoms with van der Waals surface area (Å²) in [6, 6.07) is 4.24. The number of nitrogens with one attached hydrogen (secondary N) is 2. The van der Waals surface area contributed by atoms with Crippen molar-refractivity contribution in [1.29, 1.82) is 0 Å². The van der Waals surface area contributed by atoms with Crippen LogP contribution in [-0.4, -0.2) is 29.7 Å². The molecule has 0 aromatic heterocycles. The molecule has 7 nitrogen and oxygen atoms in total. The number of aryl methyl sites for hydroxylation is 1. The molecule has 124 valence electrons. The van der Waals surface area contributed by atoms with Crippen molar-refractivity contribution in [2.75, 3.05) is 11.9 Å². The molecule has 2 fully saturated rings. The Morgan fingerprint density at radius 3 is 2.78 bits per heavy atom. The molecule has 0 radical (unpaired) electrons. The second-order valence-electron chi connectivity index (χ2n) is 6.32. The molecule has 7 heteroatoms. The Kier molecular flexibility index (Phi) is 4.47. The average molecular weight is 319 g/mol. The molecule has 3 rings (SSSR count). The van der Waals surface area contributed by atoms with Crippen molar-refractivity contribution in [2.24, 2.45) is 5.92 Å². The highest BCUT2D eigenvalue weighted by atomic mass is 16.6. The third-order valence-corrected chi connectivity index (χ3v) is 4.47. The number of ether oxygens (including phenoxy) is 1. The first-order chi connectivity index (χ1) is 11.0. The van der Waals surface area contributed by atoms with Crippen LogP contribution in [0.1, 0.15) is 31.2 Å². The summed E-state index contributed by atoms with van der Waals surface area (Å²) < 4.78 is 5.75. The summed E-state index contributed by atoms with van der Waals surface area (Å²) in [7, 11) is 0. The zero-order valence-electron chi connectivity index (χ0n) is 13.1. The fourth-order valence-electron chi connectivity index (χ4n) is 3.00. The van der Waals surface area contributed by atoms with E-state index < -0.39 is 4.92 Å². The van der Waals surface area contributed by atoms with Gasteiger partial charge in [-0.3, -0.25) is 10.1 Å². The zero-order valence-corrected chi connectivity index (χ0v) is 13.1. The highest BCUT2D eigenvalue weighted by molar-refractivity contribution is 5.90. The molecule has 2 atom stereocenters. The van der Waals surface area contributed by atoms with Gasteiger partial charge in [0.25, 0.3) is 5.69 Å². The zero-order chi connectivity index (χ0) is 16.4. The van der Waals surface area contributed by atoms with Crippen molar-refractivity contribution in [1.82, 2.24) is 5.32 Å². The molecule has 1 aliphatic carbocycles. The van der Waals surface area contributed by atoms with Gasteiger partial charge in [-0.15, -0.1) is 0 Å². The lowest BCUT2D eigenvalue weighted by atomic mass is 10.0. The third-order valence-electron chi connectivity index (χ3n) is 4.47. The van der Waals surface area contributed by atoms with E-state index in [1.54, 1.807) is 13.0 Å². The maximum Gasteiger partial charge on any atom is 0.319 e. The molecule has 23 heavy (non-hydrogen) atoms. The number of urea groups is 1. The van der Waals surface area contributed by atoms with E-state index in [2.05, 4.69) is 10.6 Å². The van der Waals surface area contributed by atoms with Gasteiger partial charge >= 0.3 is 6.03 Å². The maximum absolute atomic E-state index is 12.1. The molecular weight excluding hydrogens is 298 g/mol. The van der Waals surface area contributed by atoms with Crippen LogP contribution in [0.4, 0.5) is 16.2 Å². The highest BCUT2D eigenvalue weighted by Gasteiger charge is 2.36. The van der Waals surface area contributed by atoms with Gasteiger partial charge in [0.05, 0.1) is 11.0 Å². The summed E-state index contributed by atoms with van der Waals surface area (Å²) in [4.78, 5) is 22.4. The number of amides is 2. The monoisotopic (exact) mass is 319 g/mol. The van der Waals surface area contributed by atoms with Crippen molar-refractivity contribution in [3.63, 3.8) is 0 Å². The summed E-state index contributed by atoms with van der Waals surface area (Å²) in [6.07, 6.45) is 4.40. The molecular formula is C16H21N3O4. The number of nitro benzene ring substituents is 1. The molecule has 1 heterocycles. The van der Waals surface area contributed by atoms with Gasteiger partial charge in [0, 0.05) is 30.5 Å². The van der Waals surface area contributed by atoms with E-state index in [0.29, 0.717) is 23.8 Å². The van der Waals surface area contributed by atoms with Gasteiger partial charge in [-0.1, -0.05) is 0 Å². The number of hydrogen-bond acceptors (Lipinski definition) is 4. The van der Waals surface area contributed by atoms with Crippen LogP contribution in [0.2, 0.25) is 0 Å². The minimum atomic E-state index is -0.448. The van der Waals surface area contributed by atoms with Crippen LogP contribution in [0, 0.1) is 23.0 Å². The Balaban J connectivity index is 1.55. The predicted octanol–water partition coefficient (Wildman–Crippen LogP) is 2.98. The van der Waals surface area contributed by atoms with Crippen LogP contribution in [-0.2, 0) is 4.74 Å². The number of anilines is 1. The fraction of sp³-hybridized carbons (Fsp3) is 0.562. The van der Waals surface area contributed by atoms with E-state index >= 15 is 0 Å². The second-order valence-corrected chi connectivity index (χ2v) is 6.32. The molecule has 1 saturated heterocycles. The van der Waals surface area contributed by atoms with Gasteiger partial charge in [-0.05, 0) is 50.2 Å². The first-order valence-corrected chi connectivity index (χ1v) is 7.97. The minimum Gasteiger partial charge on any atom is -0.378 e. The summed E-state index contributed by atoms with van der Waals surface area (Å²) in [5.41, 5.74) is 1.27. The van der Waals surface area contributed by atoms with Crippen molar-refractivity contribution in [2.45, 2.75) is 44.8 Å². The summed E-state index contributed by atoms with van der Waals surface area (Å²) in [5.74, 6) is 0.666. The number of nitrogens with zero attached hydrogens (tertiary/aromatic N) is 1. The van der Waals surface area contributed by atoms with E-state index in [9.17, 15) is 14.9 Å². The van der Waals surface area contributed by atoms with Gasteiger partial charge in [0.15, 0.2) is 0 Å². The molecule has 2 amide bonds. The Hall–Kier alpha value is -2.15. The number of carbonyl (C=O) groups excluding carboxylic acids is 1. The van der Waals surface area contributed by atoms with E-state index in [1.165, 1.54) is 25.0 Å². The van der Waals surface area contributed by atoms with Crippen LogP contribution < -0.4 is 10.6 Å². The SMILES string of the molecule is Cc1cc([N+](=O)[O-])ccc1NC(=O)N[C@@H]1CCO[C@H](C2CC2)C1. The highest BCUT2D eigenvalue weighted by Crippen LogP contribution is 2.38. The maximum atomic E-state index is 12.1. The number of nitro groups is 1. The van der Waals surface area contributed by atoms with Gasteiger partial charge in [-0.2, -0.15) is 0 Å². The molecule has 0 bridgehead atoms. The van der Waals surface area contributed by atoms with Crippen LogP contribution in [0.3, 0.4) is 0 Å². The van der Waals surface area contributed by atoms with E-state index in [0.717, 1.165) is 12.8 Å². The fourth-order valence-corrected chi connectivity index (χ4v) is 3.00. The number of hydrogen-bond donors (Lipinski definition) is 2. The Morgan fingerprint density at radius 2 is 2.13 bits per heavy atom. The largest absolute Gasteiger partial charge is 0.378 e. The van der Waals surface area contributed by atoms with Gasteiger partial charge < -0.3 is 15.4 Å². The van der Waals surface area contributed by atoms with E-state index in [4.69, 9.17) is 4.74 Å². The standard InChI is InChI=1S/C16H21N3O4/c1-10-8-13(19(21)22)4-5-14(10)18-16(20)17-12-6-7-23-15(9-12)11-2-3-11/h4-5,8,11-12,15H,2-3,6-7,9H2,1H3,(H2,17,18,20)/t12-,15+/m1/s1. The molecule has 0 unspecified atom stereocenters. The topological polar surface area (TPSA) is 93.5 Å². The average Bonchev–Trinajstić information content (AvgIpc) is 3.34. The van der Waals surface area contributed by atoms with E-state index in [-0.39, 0.29) is 23.9 Å². The molecule has 1 aliphatic heterocycles. The van der Waals surface area contributed by atoms with E-state index in [1.807, 2.05) is 0 Å². The van der Waals surface area contributed by atoms with Crippen molar-refractivity contribution in [3.05, 3.63) is 33.9 Å². The molecule has 1 aromatic carbocycles. The minimum absolute atomic E-state index is 0.0187. The smallest absolute Gasteiger partial charge is 0.319 e. The number of non-ortho nitro benzene ring substituents is 1.